The van der Waals surface area contributed by atoms with Gasteiger partial charge in [0.25, 0.3) is 0 Å². The molecule has 76 valence electrons. The van der Waals surface area contributed by atoms with Crippen molar-refractivity contribution in [2.24, 2.45) is 5.73 Å². The predicted octanol–water partition coefficient (Wildman–Crippen LogP) is 3.23. The maximum Gasteiger partial charge on any atom is 0.129 e. The van der Waals surface area contributed by atoms with Crippen molar-refractivity contribution in [1.29, 1.82) is 0 Å². The maximum absolute atomic E-state index is 6.33. The zero-order valence-corrected chi connectivity index (χ0v) is 10.1. The van der Waals surface area contributed by atoms with Crippen LogP contribution in [0.1, 0.15) is 31.2 Å². The third-order valence-electron chi connectivity index (χ3n) is 2.85. The number of halogens is 2. The summed E-state index contributed by atoms with van der Waals surface area (Å²) in [5, 5.41) is 0.514. The van der Waals surface area contributed by atoms with Crippen LogP contribution in [0, 0.1) is 0 Å². The second-order valence-corrected chi connectivity index (χ2v) is 5.09. The Kier molecular flexibility index (Phi) is 2.82. The molecular formula is C10H12BrClN2. The summed E-state index contributed by atoms with van der Waals surface area (Å²) < 4.78 is 0.964. The van der Waals surface area contributed by atoms with Gasteiger partial charge in [0.05, 0.1) is 0 Å². The standard InChI is InChI=1S/C10H12BrClN2/c11-8-6-14-9(12)5-7(8)10(13)3-1-2-4-10/h5-6H,1-4,13H2. The van der Waals surface area contributed by atoms with Crippen LogP contribution in [0.3, 0.4) is 0 Å². The molecule has 0 spiro atoms. The van der Waals surface area contributed by atoms with E-state index in [1.807, 2.05) is 6.07 Å². The molecule has 1 aromatic rings. The first-order valence-electron chi connectivity index (χ1n) is 4.72. The molecule has 1 heterocycles. The van der Waals surface area contributed by atoms with E-state index in [1.54, 1.807) is 6.20 Å². The van der Waals surface area contributed by atoms with Crippen LogP contribution in [0.2, 0.25) is 5.15 Å². The molecule has 0 aromatic carbocycles. The first-order chi connectivity index (χ1) is 6.62. The third kappa shape index (κ3) is 1.81. The molecule has 0 atom stereocenters. The molecule has 1 fully saturated rings. The first kappa shape index (κ1) is 10.4. The normalized spacial score (nSPS) is 19.9. The lowest BCUT2D eigenvalue weighted by Crippen LogP contribution is -2.33. The number of pyridine rings is 1. The highest BCUT2D eigenvalue weighted by molar-refractivity contribution is 9.10. The van der Waals surface area contributed by atoms with Crippen molar-refractivity contribution in [3.63, 3.8) is 0 Å². The number of nitrogens with two attached hydrogens (primary N) is 1. The monoisotopic (exact) mass is 274 g/mol. The van der Waals surface area contributed by atoms with Crippen LogP contribution in [-0.4, -0.2) is 4.98 Å². The van der Waals surface area contributed by atoms with E-state index in [4.69, 9.17) is 17.3 Å². The van der Waals surface area contributed by atoms with Crippen LogP contribution in [0.4, 0.5) is 0 Å². The van der Waals surface area contributed by atoms with Gasteiger partial charge in [0, 0.05) is 16.2 Å². The van der Waals surface area contributed by atoms with Crippen molar-refractivity contribution in [3.8, 4) is 0 Å². The van der Waals surface area contributed by atoms with Gasteiger partial charge in [-0.05, 0) is 40.4 Å². The van der Waals surface area contributed by atoms with Gasteiger partial charge < -0.3 is 5.73 Å². The van der Waals surface area contributed by atoms with Crippen molar-refractivity contribution in [1.82, 2.24) is 4.98 Å². The minimum atomic E-state index is -0.203. The summed E-state index contributed by atoms with van der Waals surface area (Å²) in [6.07, 6.45) is 6.19. The lowest BCUT2D eigenvalue weighted by Gasteiger charge is -2.25. The fourth-order valence-corrected chi connectivity index (χ4v) is 2.84. The number of hydrogen-bond donors (Lipinski definition) is 1. The number of rotatable bonds is 1. The highest BCUT2D eigenvalue weighted by Crippen LogP contribution is 2.39. The lowest BCUT2D eigenvalue weighted by molar-refractivity contribution is 0.459. The molecular weight excluding hydrogens is 263 g/mol. The number of nitrogens with zero attached hydrogens (tertiary/aromatic N) is 1. The van der Waals surface area contributed by atoms with E-state index in [0.29, 0.717) is 5.15 Å². The quantitative estimate of drug-likeness (QED) is 0.799. The van der Waals surface area contributed by atoms with Crippen LogP contribution in [0.25, 0.3) is 0 Å². The largest absolute Gasteiger partial charge is 0.321 e. The van der Waals surface area contributed by atoms with Gasteiger partial charge in [-0.2, -0.15) is 0 Å². The Morgan fingerprint density at radius 3 is 2.71 bits per heavy atom. The Morgan fingerprint density at radius 1 is 1.43 bits per heavy atom. The smallest absolute Gasteiger partial charge is 0.129 e. The maximum atomic E-state index is 6.33. The topological polar surface area (TPSA) is 38.9 Å². The molecule has 2 N–H and O–H groups in total. The van der Waals surface area contributed by atoms with Crippen LogP contribution < -0.4 is 5.73 Å². The molecule has 1 aliphatic rings. The fraction of sp³-hybridized carbons (Fsp3) is 0.500. The van der Waals surface area contributed by atoms with E-state index in [9.17, 15) is 0 Å². The second-order valence-electron chi connectivity index (χ2n) is 3.85. The van der Waals surface area contributed by atoms with Crippen LogP contribution in [-0.2, 0) is 5.54 Å². The Hall–Kier alpha value is -0.120. The van der Waals surface area contributed by atoms with Gasteiger partial charge in [-0.3, -0.25) is 0 Å². The van der Waals surface area contributed by atoms with Gasteiger partial charge >= 0.3 is 0 Å². The van der Waals surface area contributed by atoms with Crippen LogP contribution >= 0.6 is 27.5 Å². The Morgan fingerprint density at radius 2 is 2.07 bits per heavy atom. The Labute approximate surface area is 97.0 Å². The molecule has 0 aliphatic heterocycles. The SMILES string of the molecule is NC1(c2cc(Cl)ncc2Br)CCCC1. The summed E-state index contributed by atoms with van der Waals surface area (Å²) >= 11 is 9.34. The minimum absolute atomic E-state index is 0.203. The molecule has 2 nitrogen and oxygen atoms in total. The first-order valence-corrected chi connectivity index (χ1v) is 5.89. The van der Waals surface area contributed by atoms with Crippen LogP contribution in [0.15, 0.2) is 16.7 Å². The average Bonchev–Trinajstić information content (AvgIpc) is 2.58. The summed E-state index contributed by atoms with van der Waals surface area (Å²) in [5.74, 6) is 0. The van der Waals surface area contributed by atoms with E-state index in [0.717, 1.165) is 22.9 Å². The minimum Gasteiger partial charge on any atom is -0.321 e. The summed E-state index contributed by atoms with van der Waals surface area (Å²) in [4.78, 5) is 4.00. The highest BCUT2D eigenvalue weighted by Gasteiger charge is 2.33. The zero-order chi connectivity index (χ0) is 10.2. The molecule has 0 saturated heterocycles. The summed E-state index contributed by atoms with van der Waals surface area (Å²) in [6.45, 7) is 0. The van der Waals surface area contributed by atoms with E-state index >= 15 is 0 Å². The molecule has 1 saturated carbocycles. The average molecular weight is 276 g/mol. The van der Waals surface area contributed by atoms with Gasteiger partial charge in [0.1, 0.15) is 5.15 Å². The van der Waals surface area contributed by atoms with Gasteiger partial charge in [-0.25, -0.2) is 4.98 Å². The highest BCUT2D eigenvalue weighted by atomic mass is 79.9. The Balaban J connectivity index is 2.44. The van der Waals surface area contributed by atoms with E-state index in [-0.39, 0.29) is 5.54 Å². The molecule has 2 rings (SSSR count). The van der Waals surface area contributed by atoms with Crippen molar-refractivity contribution >= 4 is 27.5 Å². The van der Waals surface area contributed by atoms with Crippen molar-refractivity contribution in [2.45, 2.75) is 31.2 Å². The molecule has 0 unspecified atom stereocenters. The van der Waals surface area contributed by atoms with Crippen molar-refractivity contribution in [3.05, 3.63) is 27.5 Å². The molecule has 0 amide bonds. The van der Waals surface area contributed by atoms with Crippen molar-refractivity contribution < 1.29 is 0 Å². The van der Waals surface area contributed by atoms with E-state index in [1.165, 1.54) is 12.8 Å². The second kappa shape index (κ2) is 3.80. The van der Waals surface area contributed by atoms with Gasteiger partial charge in [-0.15, -0.1) is 0 Å². The molecule has 14 heavy (non-hydrogen) atoms. The lowest BCUT2D eigenvalue weighted by atomic mass is 9.90. The molecule has 1 aromatic heterocycles. The van der Waals surface area contributed by atoms with Crippen molar-refractivity contribution in [2.75, 3.05) is 0 Å². The van der Waals surface area contributed by atoms with Gasteiger partial charge in [0.15, 0.2) is 0 Å². The molecule has 0 radical (unpaired) electrons. The van der Waals surface area contributed by atoms with E-state index in [2.05, 4.69) is 20.9 Å². The summed E-state index contributed by atoms with van der Waals surface area (Å²) in [7, 11) is 0. The fourth-order valence-electron chi connectivity index (χ4n) is 2.07. The predicted molar refractivity (Wildman–Crippen MR) is 61.3 cm³/mol. The van der Waals surface area contributed by atoms with Gasteiger partial charge in [-0.1, -0.05) is 24.4 Å². The van der Waals surface area contributed by atoms with E-state index < -0.39 is 0 Å². The zero-order valence-electron chi connectivity index (χ0n) is 7.76. The third-order valence-corrected chi connectivity index (χ3v) is 3.69. The summed E-state index contributed by atoms with van der Waals surface area (Å²) in [5.41, 5.74) is 7.22. The summed E-state index contributed by atoms with van der Waals surface area (Å²) in [6, 6.07) is 1.87. The molecule has 1 aliphatic carbocycles. The molecule has 0 bridgehead atoms. The number of hydrogen-bond acceptors (Lipinski definition) is 2. The molecule has 4 heteroatoms. The number of aromatic nitrogens is 1. The van der Waals surface area contributed by atoms with Gasteiger partial charge in [0.2, 0.25) is 0 Å². The van der Waals surface area contributed by atoms with Crippen LogP contribution in [0.5, 0.6) is 0 Å². The Bertz CT molecular complexity index is 348.